The van der Waals surface area contributed by atoms with Crippen molar-refractivity contribution in [1.82, 2.24) is 0 Å². The van der Waals surface area contributed by atoms with Crippen LogP contribution in [0.1, 0.15) is 49.8 Å². The van der Waals surface area contributed by atoms with Crippen molar-refractivity contribution in [1.29, 1.82) is 0 Å². The molecular weight excluding hydrogens is 184 g/mol. The first-order valence-electron chi connectivity index (χ1n) is 5.67. The zero-order chi connectivity index (χ0) is 11.1. The van der Waals surface area contributed by atoms with Gasteiger partial charge in [-0.15, -0.1) is 0 Å². The molecule has 1 saturated carbocycles. The van der Waals surface area contributed by atoms with Gasteiger partial charge in [0.15, 0.2) is 0 Å². The molecule has 0 bridgehead atoms. The molecule has 1 aliphatic rings. The first-order valence-corrected chi connectivity index (χ1v) is 5.67. The molecule has 82 valence electrons. The standard InChI is InChI=1S/C13H20N2/c1-9(2)10-3-5-11(6-4-10)12(14)13(15)7-8-13/h3-6,9,12H,7-8,14-15H2,1-2H3. The molecule has 0 spiro atoms. The van der Waals surface area contributed by atoms with Gasteiger partial charge in [0.05, 0.1) is 0 Å². The highest BCUT2D eigenvalue weighted by Gasteiger charge is 2.44. The number of rotatable bonds is 3. The van der Waals surface area contributed by atoms with Gasteiger partial charge >= 0.3 is 0 Å². The maximum Gasteiger partial charge on any atom is 0.0477 e. The first-order chi connectivity index (χ1) is 7.03. The molecule has 2 nitrogen and oxygen atoms in total. The van der Waals surface area contributed by atoms with E-state index in [2.05, 4.69) is 38.1 Å². The summed E-state index contributed by atoms with van der Waals surface area (Å²) in [4.78, 5) is 0. The van der Waals surface area contributed by atoms with E-state index in [4.69, 9.17) is 11.5 Å². The Balaban J connectivity index is 2.16. The average Bonchev–Trinajstić information content (AvgIpc) is 2.97. The van der Waals surface area contributed by atoms with Crippen LogP contribution in [0.5, 0.6) is 0 Å². The molecule has 1 atom stereocenters. The third-order valence-corrected chi connectivity index (χ3v) is 3.41. The van der Waals surface area contributed by atoms with Crippen molar-refractivity contribution in [3.05, 3.63) is 35.4 Å². The van der Waals surface area contributed by atoms with Crippen LogP contribution in [0.3, 0.4) is 0 Å². The lowest BCUT2D eigenvalue weighted by molar-refractivity contribution is 0.536. The fourth-order valence-corrected chi connectivity index (χ4v) is 1.88. The van der Waals surface area contributed by atoms with Gasteiger partial charge in [-0.2, -0.15) is 0 Å². The summed E-state index contributed by atoms with van der Waals surface area (Å²) in [6.07, 6.45) is 2.11. The summed E-state index contributed by atoms with van der Waals surface area (Å²) < 4.78 is 0. The normalized spacial score (nSPS) is 20.3. The molecule has 15 heavy (non-hydrogen) atoms. The largest absolute Gasteiger partial charge is 0.323 e. The maximum absolute atomic E-state index is 6.14. The van der Waals surface area contributed by atoms with E-state index in [1.807, 2.05) is 0 Å². The molecule has 4 N–H and O–H groups in total. The molecule has 0 aliphatic heterocycles. The van der Waals surface area contributed by atoms with Crippen LogP contribution in [-0.4, -0.2) is 5.54 Å². The molecule has 1 aromatic rings. The zero-order valence-corrected chi connectivity index (χ0v) is 9.53. The molecule has 0 heterocycles. The van der Waals surface area contributed by atoms with Gasteiger partial charge in [0.25, 0.3) is 0 Å². The van der Waals surface area contributed by atoms with E-state index in [0.29, 0.717) is 5.92 Å². The van der Waals surface area contributed by atoms with Crippen LogP contribution >= 0.6 is 0 Å². The van der Waals surface area contributed by atoms with Crippen LogP contribution in [0.4, 0.5) is 0 Å². The Labute approximate surface area is 91.7 Å². The van der Waals surface area contributed by atoms with Gasteiger partial charge in [-0.1, -0.05) is 38.1 Å². The Bertz CT molecular complexity index is 336. The Kier molecular flexibility index (Phi) is 2.57. The Morgan fingerprint density at radius 1 is 1.07 bits per heavy atom. The van der Waals surface area contributed by atoms with Crippen LogP contribution in [-0.2, 0) is 0 Å². The number of benzene rings is 1. The fourth-order valence-electron chi connectivity index (χ4n) is 1.88. The molecule has 1 unspecified atom stereocenters. The topological polar surface area (TPSA) is 52.0 Å². The molecule has 1 fully saturated rings. The smallest absolute Gasteiger partial charge is 0.0477 e. The highest BCUT2D eigenvalue weighted by atomic mass is 14.9. The minimum absolute atomic E-state index is 0.00119. The highest BCUT2D eigenvalue weighted by molar-refractivity contribution is 5.30. The van der Waals surface area contributed by atoms with Gasteiger partial charge in [-0.05, 0) is 29.9 Å². The molecule has 0 amide bonds. The monoisotopic (exact) mass is 204 g/mol. The lowest BCUT2D eigenvalue weighted by atomic mass is 9.95. The number of hydrogen-bond donors (Lipinski definition) is 2. The van der Waals surface area contributed by atoms with E-state index in [9.17, 15) is 0 Å². The molecule has 0 saturated heterocycles. The molecule has 0 radical (unpaired) electrons. The second-order valence-electron chi connectivity index (χ2n) is 5.03. The van der Waals surface area contributed by atoms with Crippen LogP contribution in [0, 0.1) is 0 Å². The van der Waals surface area contributed by atoms with Gasteiger partial charge in [0.1, 0.15) is 0 Å². The summed E-state index contributed by atoms with van der Waals surface area (Å²) in [5.74, 6) is 0.572. The Morgan fingerprint density at radius 2 is 1.53 bits per heavy atom. The predicted octanol–water partition coefficient (Wildman–Crippen LogP) is 2.30. The summed E-state index contributed by atoms with van der Waals surface area (Å²) in [5.41, 5.74) is 14.6. The minimum Gasteiger partial charge on any atom is -0.323 e. The van der Waals surface area contributed by atoms with Gasteiger partial charge in [0, 0.05) is 11.6 Å². The third-order valence-electron chi connectivity index (χ3n) is 3.41. The molecular formula is C13H20N2. The second kappa shape index (κ2) is 3.62. The molecule has 1 aliphatic carbocycles. The Hall–Kier alpha value is -0.860. The zero-order valence-electron chi connectivity index (χ0n) is 9.53. The van der Waals surface area contributed by atoms with Crippen molar-refractivity contribution in [2.75, 3.05) is 0 Å². The van der Waals surface area contributed by atoms with E-state index in [1.54, 1.807) is 0 Å². The van der Waals surface area contributed by atoms with E-state index in [1.165, 1.54) is 11.1 Å². The van der Waals surface area contributed by atoms with Crippen molar-refractivity contribution in [2.24, 2.45) is 11.5 Å². The number of hydrogen-bond acceptors (Lipinski definition) is 2. The second-order valence-corrected chi connectivity index (χ2v) is 5.03. The van der Waals surface area contributed by atoms with Crippen molar-refractivity contribution >= 4 is 0 Å². The van der Waals surface area contributed by atoms with E-state index in [-0.39, 0.29) is 11.6 Å². The minimum atomic E-state index is -0.126. The highest BCUT2D eigenvalue weighted by Crippen LogP contribution is 2.42. The van der Waals surface area contributed by atoms with Gasteiger partial charge < -0.3 is 11.5 Å². The quantitative estimate of drug-likeness (QED) is 0.793. The maximum atomic E-state index is 6.14. The number of nitrogens with two attached hydrogens (primary N) is 2. The fraction of sp³-hybridized carbons (Fsp3) is 0.538. The molecule has 0 aromatic heterocycles. The van der Waals surface area contributed by atoms with Gasteiger partial charge in [-0.3, -0.25) is 0 Å². The SMILES string of the molecule is CC(C)c1ccc(C(N)C2(N)CC2)cc1. The van der Waals surface area contributed by atoms with Gasteiger partial charge in [0.2, 0.25) is 0 Å². The van der Waals surface area contributed by atoms with Gasteiger partial charge in [-0.25, -0.2) is 0 Å². The molecule has 2 heteroatoms. The lowest BCUT2D eigenvalue weighted by Crippen LogP contribution is -2.36. The van der Waals surface area contributed by atoms with E-state index >= 15 is 0 Å². The van der Waals surface area contributed by atoms with Crippen LogP contribution < -0.4 is 11.5 Å². The summed E-state index contributed by atoms with van der Waals surface area (Å²) >= 11 is 0. The summed E-state index contributed by atoms with van der Waals surface area (Å²) in [5, 5.41) is 0. The van der Waals surface area contributed by atoms with Crippen LogP contribution in [0.15, 0.2) is 24.3 Å². The van der Waals surface area contributed by atoms with Crippen molar-refractivity contribution < 1.29 is 0 Å². The average molecular weight is 204 g/mol. The Morgan fingerprint density at radius 3 is 1.93 bits per heavy atom. The lowest BCUT2D eigenvalue weighted by Gasteiger charge is -2.19. The van der Waals surface area contributed by atoms with Crippen molar-refractivity contribution in [2.45, 2.75) is 44.2 Å². The first kappa shape index (κ1) is 10.7. The summed E-state index contributed by atoms with van der Waals surface area (Å²) in [7, 11) is 0. The van der Waals surface area contributed by atoms with Crippen molar-refractivity contribution in [3.8, 4) is 0 Å². The van der Waals surface area contributed by atoms with Crippen LogP contribution in [0.2, 0.25) is 0 Å². The summed E-state index contributed by atoms with van der Waals surface area (Å²) in [6, 6.07) is 8.55. The predicted molar refractivity (Wildman–Crippen MR) is 63.6 cm³/mol. The summed E-state index contributed by atoms with van der Waals surface area (Å²) in [6.45, 7) is 4.39. The van der Waals surface area contributed by atoms with E-state index < -0.39 is 0 Å². The van der Waals surface area contributed by atoms with E-state index in [0.717, 1.165) is 12.8 Å². The van der Waals surface area contributed by atoms with Crippen molar-refractivity contribution in [3.63, 3.8) is 0 Å². The van der Waals surface area contributed by atoms with Crippen LogP contribution in [0.25, 0.3) is 0 Å². The molecule has 2 rings (SSSR count). The third kappa shape index (κ3) is 2.06. The molecule has 1 aromatic carbocycles.